The highest BCUT2D eigenvalue weighted by Crippen LogP contribution is 2.20. The predicted molar refractivity (Wildman–Crippen MR) is 79.3 cm³/mol. The molecule has 0 bridgehead atoms. The van der Waals surface area contributed by atoms with Crippen molar-refractivity contribution in [2.24, 2.45) is 0 Å². The lowest BCUT2D eigenvalue weighted by molar-refractivity contribution is 0.347. The molecule has 1 aliphatic rings. The van der Waals surface area contributed by atoms with E-state index in [0.29, 0.717) is 0 Å². The molecule has 1 aliphatic heterocycles. The van der Waals surface area contributed by atoms with Crippen LogP contribution in [0.3, 0.4) is 0 Å². The Labute approximate surface area is 111 Å². The molecule has 18 heavy (non-hydrogen) atoms. The highest BCUT2D eigenvalue weighted by atomic mass is 15.1. The maximum atomic E-state index is 3.62. The number of nitrogens with one attached hydrogen (secondary N) is 1. The molecule has 1 N–H and O–H groups in total. The van der Waals surface area contributed by atoms with E-state index < -0.39 is 0 Å². The number of hydrogen-bond acceptors (Lipinski definition) is 2. The number of rotatable bonds is 2. The molecule has 0 amide bonds. The molecule has 0 unspecified atom stereocenters. The summed E-state index contributed by atoms with van der Waals surface area (Å²) in [5.74, 6) is 0. The van der Waals surface area contributed by atoms with Gasteiger partial charge in [-0.05, 0) is 57.4 Å². The first-order chi connectivity index (χ1) is 8.61. The molecule has 1 heterocycles. The summed E-state index contributed by atoms with van der Waals surface area (Å²) in [7, 11) is 0. The number of benzene rings is 1. The first-order valence-electron chi connectivity index (χ1n) is 7.20. The van der Waals surface area contributed by atoms with Crippen LogP contribution in [0.15, 0.2) is 24.3 Å². The predicted octanol–water partition coefficient (Wildman–Crippen LogP) is 3.22. The Bertz CT molecular complexity index is 367. The molecular weight excluding hydrogens is 220 g/mol. The summed E-state index contributed by atoms with van der Waals surface area (Å²) in [5, 5.41) is 3.62. The van der Waals surface area contributed by atoms with Gasteiger partial charge in [0.1, 0.15) is 0 Å². The van der Waals surface area contributed by atoms with Gasteiger partial charge in [0.25, 0.3) is 0 Å². The van der Waals surface area contributed by atoms with Gasteiger partial charge in [-0.25, -0.2) is 0 Å². The first-order valence-corrected chi connectivity index (χ1v) is 7.20. The molecule has 0 spiro atoms. The molecular formula is C16H26N2. The lowest BCUT2D eigenvalue weighted by Crippen LogP contribution is -2.46. The molecule has 100 valence electrons. The van der Waals surface area contributed by atoms with E-state index in [0.717, 1.165) is 26.1 Å². The van der Waals surface area contributed by atoms with Gasteiger partial charge in [-0.2, -0.15) is 0 Å². The van der Waals surface area contributed by atoms with Crippen LogP contribution in [0.2, 0.25) is 0 Å². The Morgan fingerprint density at radius 2 is 1.89 bits per heavy atom. The van der Waals surface area contributed by atoms with Crippen LogP contribution in [0.4, 0.5) is 5.69 Å². The summed E-state index contributed by atoms with van der Waals surface area (Å²) in [5.41, 5.74) is 3.07. The van der Waals surface area contributed by atoms with Crippen molar-refractivity contribution in [2.75, 3.05) is 24.5 Å². The van der Waals surface area contributed by atoms with Crippen molar-refractivity contribution in [3.63, 3.8) is 0 Å². The lowest BCUT2D eigenvalue weighted by Gasteiger charge is -2.35. The van der Waals surface area contributed by atoms with E-state index in [-0.39, 0.29) is 5.54 Å². The second-order valence-electron chi connectivity index (χ2n) is 5.92. The van der Waals surface area contributed by atoms with Crippen LogP contribution < -0.4 is 10.2 Å². The molecule has 0 atom stereocenters. The van der Waals surface area contributed by atoms with Crippen LogP contribution in [0.25, 0.3) is 0 Å². The van der Waals surface area contributed by atoms with Gasteiger partial charge < -0.3 is 10.2 Å². The van der Waals surface area contributed by atoms with Crippen molar-refractivity contribution < 1.29 is 0 Å². The normalized spacial score (nSPS) is 20.3. The van der Waals surface area contributed by atoms with E-state index in [4.69, 9.17) is 0 Å². The fraction of sp³-hybridized carbons (Fsp3) is 0.625. The third-order valence-electron chi connectivity index (χ3n) is 3.92. The van der Waals surface area contributed by atoms with E-state index in [9.17, 15) is 0 Å². The summed E-state index contributed by atoms with van der Waals surface area (Å²) in [6.07, 6.45) is 3.54. The maximum absolute atomic E-state index is 3.62. The van der Waals surface area contributed by atoms with Gasteiger partial charge in [-0.15, -0.1) is 0 Å². The minimum atomic E-state index is 0.266. The number of anilines is 1. The molecule has 0 saturated carbocycles. The van der Waals surface area contributed by atoms with Crippen LogP contribution in [-0.4, -0.2) is 25.2 Å². The van der Waals surface area contributed by atoms with Gasteiger partial charge in [0.05, 0.1) is 0 Å². The summed E-state index contributed by atoms with van der Waals surface area (Å²) in [6, 6.07) is 9.08. The summed E-state index contributed by atoms with van der Waals surface area (Å²) < 4.78 is 0. The Morgan fingerprint density at radius 3 is 2.56 bits per heavy atom. The molecule has 0 aliphatic carbocycles. The smallest absolute Gasteiger partial charge is 0.0366 e. The van der Waals surface area contributed by atoms with Crippen molar-refractivity contribution in [2.45, 2.75) is 45.6 Å². The average molecular weight is 246 g/mol. The second kappa shape index (κ2) is 5.75. The number of aryl methyl sites for hydroxylation is 1. The zero-order valence-electron chi connectivity index (χ0n) is 12.0. The monoisotopic (exact) mass is 246 g/mol. The molecule has 1 aromatic carbocycles. The lowest BCUT2D eigenvalue weighted by atomic mass is 9.98. The van der Waals surface area contributed by atoms with Gasteiger partial charge in [0, 0.05) is 24.3 Å². The van der Waals surface area contributed by atoms with Crippen LogP contribution in [0.1, 0.15) is 39.2 Å². The zero-order valence-corrected chi connectivity index (χ0v) is 12.0. The fourth-order valence-corrected chi connectivity index (χ4v) is 2.51. The minimum Gasteiger partial charge on any atom is -0.371 e. The second-order valence-corrected chi connectivity index (χ2v) is 5.92. The third kappa shape index (κ3) is 3.49. The van der Waals surface area contributed by atoms with E-state index in [1.807, 2.05) is 0 Å². The van der Waals surface area contributed by atoms with E-state index >= 15 is 0 Å². The quantitative estimate of drug-likeness (QED) is 0.862. The van der Waals surface area contributed by atoms with E-state index in [1.165, 1.54) is 24.1 Å². The van der Waals surface area contributed by atoms with Crippen LogP contribution in [0, 0.1) is 0 Å². The van der Waals surface area contributed by atoms with Crippen LogP contribution in [0.5, 0.6) is 0 Å². The molecule has 2 rings (SSSR count). The van der Waals surface area contributed by atoms with Gasteiger partial charge in [0.15, 0.2) is 0 Å². The highest BCUT2D eigenvalue weighted by Gasteiger charge is 2.20. The number of nitrogens with zero attached hydrogens (tertiary/aromatic N) is 1. The molecule has 1 fully saturated rings. The zero-order chi connectivity index (χ0) is 13.0. The Balaban J connectivity index is 2.05. The van der Waals surface area contributed by atoms with Crippen molar-refractivity contribution >= 4 is 5.69 Å². The van der Waals surface area contributed by atoms with Crippen molar-refractivity contribution in [1.82, 2.24) is 5.32 Å². The molecule has 2 nitrogen and oxygen atoms in total. The van der Waals surface area contributed by atoms with Crippen molar-refractivity contribution in [1.29, 1.82) is 0 Å². The van der Waals surface area contributed by atoms with Crippen LogP contribution >= 0.6 is 0 Å². The van der Waals surface area contributed by atoms with Crippen LogP contribution in [-0.2, 0) is 6.42 Å². The fourth-order valence-electron chi connectivity index (χ4n) is 2.51. The summed E-state index contributed by atoms with van der Waals surface area (Å²) in [6.45, 7) is 10.2. The maximum Gasteiger partial charge on any atom is 0.0366 e. The SMILES string of the molecule is CCc1ccc(N2CCCNC(C)(C)CC2)cc1. The number of hydrogen-bond donors (Lipinski definition) is 1. The first kappa shape index (κ1) is 13.4. The molecule has 1 aromatic rings. The van der Waals surface area contributed by atoms with Gasteiger partial charge >= 0.3 is 0 Å². The molecule has 0 radical (unpaired) electrons. The van der Waals surface area contributed by atoms with Crippen molar-refractivity contribution in [3.8, 4) is 0 Å². The molecule has 1 saturated heterocycles. The van der Waals surface area contributed by atoms with E-state index in [2.05, 4.69) is 55.3 Å². The third-order valence-corrected chi connectivity index (χ3v) is 3.92. The van der Waals surface area contributed by atoms with Gasteiger partial charge in [-0.1, -0.05) is 19.1 Å². The van der Waals surface area contributed by atoms with Gasteiger partial charge in [0.2, 0.25) is 0 Å². The average Bonchev–Trinajstić information content (AvgIpc) is 2.36. The minimum absolute atomic E-state index is 0.266. The van der Waals surface area contributed by atoms with Crippen molar-refractivity contribution in [3.05, 3.63) is 29.8 Å². The summed E-state index contributed by atoms with van der Waals surface area (Å²) in [4.78, 5) is 2.53. The largest absolute Gasteiger partial charge is 0.371 e. The Hall–Kier alpha value is -1.02. The molecule has 2 heteroatoms. The molecule has 0 aromatic heterocycles. The Kier molecular flexibility index (Phi) is 4.28. The highest BCUT2D eigenvalue weighted by molar-refractivity contribution is 5.47. The standard InChI is InChI=1S/C16H26N2/c1-4-14-6-8-15(9-7-14)18-12-5-11-17-16(2,3)10-13-18/h6-9,17H,4-5,10-13H2,1-3H3. The van der Waals surface area contributed by atoms with Gasteiger partial charge in [-0.3, -0.25) is 0 Å². The Morgan fingerprint density at radius 1 is 1.17 bits per heavy atom. The van der Waals surface area contributed by atoms with E-state index in [1.54, 1.807) is 0 Å². The summed E-state index contributed by atoms with van der Waals surface area (Å²) >= 11 is 0. The topological polar surface area (TPSA) is 15.3 Å².